The molecular weight excluding hydrogens is 309 g/mol. The topological polar surface area (TPSA) is 53.1 Å². The fourth-order valence-electron chi connectivity index (χ4n) is 2.04. The van der Waals surface area contributed by atoms with Crippen LogP contribution in [0.4, 0.5) is 4.39 Å². The third kappa shape index (κ3) is 3.12. The van der Waals surface area contributed by atoms with E-state index < -0.39 is 5.82 Å². The average molecular weight is 324 g/mol. The number of oxazole rings is 1. The third-order valence-electron chi connectivity index (χ3n) is 3.19. The molecule has 0 aliphatic rings. The number of nitrogens with zero attached hydrogens (tertiary/aromatic N) is 3. The van der Waals surface area contributed by atoms with E-state index in [2.05, 4.69) is 9.97 Å². The Bertz CT molecular complexity index is 756. The molecule has 3 rings (SSSR count). The summed E-state index contributed by atoms with van der Waals surface area (Å²) in [5.74, 6) is 1.06. The summed E-state index contributed by atoms with van der Waals surface area (Å²) >= 11 is 0. The molecule has 0 saturated heterocycles. The zero-order valence-electron chi connectivity index (χ0n) is 12.1. The largest absolute Gasteiger partial charge is 0.497 e. The van der Waals surface area contributed by atoms with Gasteiger partial charge in [0.1, 0.15) is 23.0 Å². The van der Waals surface area contributed by atoms with Gasteiger partial charge in [0.2, 0.25) is 5.89 Å². The molecule has 0 aliphatic heterocycles. The molecule has 1 aromatic carbocycles. The number of hydrogen-bond acceptors (Lipinski definition) is 4. The molecule has 22 heavy (non-hydrogen) atoms. The van der Waals surface area contributed by atoms with Crippen LogP contribution in [0.3, 0.4) is 0 Å². The Morgan fingerprint density at radius 3 is 2.86 bits per heavy atom. The highest BCUT2D eigenvalue weighted by atomic mass is 35.5. The van der Waals surface area contributed by atoms with E-state index in [9.17, 15) is 4.39 Å². The molecular formula is C15H15ClFN3O2. The van der Waals surface area contributed by atoms with Crippen LogP contribution in [0.2, 0.25) is 0 Å². The Morgan fingerprint density at radius 1 is 1.36 bits per heavy atom. The summed E-state index contributed by atoms with van der Waals surface area (Å²) in [6.45, 7) is 2.34. The first-order valence-electron chi connectivity index (χ1n) is 6.43. The van der Waals surface area contributed by atoms with Gasteiger partial charge in [0.05, 0.1) is 25.5 Å². The Morgan fingerprint density at radius 2 is 2.18 bits per heavy atom. The highest BCUT2D eigenvalue weighted by molar-refractivity contribution is 5.85. The fourth-order valence-corrected chi connectivity index (χ4v) is 2.04. The second-order valence-corrected chi connectivity index (χ2v) is 4.60. The molecule has 0 bridgehead atoms. The van der Waals surface area contributed by atoms with E-state index in [-0.39, 0.29) is 23.9 Å². The van der Waals surface area contributed by atoms with Gasteiger partial charge in [-0.25, -0.2) is 14.4 Å². The summed E-state index contributed by atoms with van der Waals surface area (Å²) in [6.07, 6.45) is 5.22. The molecule has 0 atom stereocenters. The van der Waals surface area contributed by atoms with Crippen molar-refractivity contribution >= 4 is 12.4 Å². The SMILES string of the molecule is COc1ccc(F)c(-c2nc(Cn3ccnc3)c(C)o2)c1.Cl. The van der Waals surface area contributed by atoms with Gasteiger partial charge in [-0.2, -0.15) is 0 Å². The van der Waals surface area contributed by atoms with Crippen LogP contribution in [0, 0.1) is 12.7 Å². The number of rotatable bonds is 4. The van der Waals surface area contributed by atoms with Crippen molar-refractivity contribution in [1.82, 2.24) is 14.5 Å². The van der Waals surface area contributed by atoms with Gasteiger partial charge in [-0.1, -0.05) is 0 Å². The number of aromatic nitrogens is 3. The molecule has 0 N–H and O–H groups in total. The van der Waals surface area contributed by atoms with Gasteiger partial charge in [0.25, 0.3) is 0 Å². The maximum absolute atomic E-state index is 13.9. The van der Waals surface area contributed by atoms with Crippen LogP contribution in [-0.2, 0) is 6.54 Å². The lowest BCUT2D eigenvalue weighted by Gasteiger charge is -2.02. The Balaban J connectivity index is 0.00000176. The minimum Gasteiger partial charge on any atom is -0.497 e. The second-order valence-electron chi connectivity index (χ2n) is 4.60. The van der Waals surface area contributed by atoms with Crippen LogP contribution in [-0.4, -0.2) is 21.6 Å². The summed E-state index contributed by atoms with van der Waals surface area (Å²) in [7, 11) is 1.53. The van der Waals surface area contributed by atoms with E-state index in [0.29, 0.717) is 18.1 Å². The highest BCUT2D eigenvalue weighted by Gasteiger charge is 2.16. The van der Waals surface area contributed by atoms with Crippen LogP contribution in [0.5, 0.6) is 5.75 Å². The van der Waals surface area contributed by atoms with Gasteiger partial charge >= 0.3 is 0 Å². The van der Waals surface area contributed by atoms with Crippen molar-refractivity contribution < 1.29 is 13.5 Å². The Hall–Kier alpha value is -2.34. The zero-order chi connectivity index (χ0) is 14.8. The lowest BCUT2D eigenvalue weighted by molar-refractivity contribution is 0.413. The second kappa shape index (κ2) is 6.62. The summed E-state index contributed by atoms with van der Waals surface area (Å²) in [5, 5.41) is 0. The average Bonchev–Trinajstić information content (AvgIpc) is 3.11. The van der Waals surface area contributed by atoms with E-state index in [1.807, 2.05) is 10.8 Å². The molecule has 0 spiro atoms. The fraction of sp³-hybridized carbons (Fsp3) is 0.200. The van der Waals surface area contributed by atoms with Gasteiger partial charge in [-0.15, -0.1) is 12.4 Å². The molecule has 0 amide bonds. The van der Waals surface area contributed by atoms with Crippen LogP contribution >= 0.6 is 12.4 Å². The van der Waals surface area contributed by atoms with Crippen molar-refractivity contribution in [2.45, 2.75) is 13.5 Å². The molecule has 0 unspecified atom stereocenters. The first-order chi connectivity index (χ1) is 10.2. The number of hydrogen-bond donors (Lipinski definition) is 0. The van der Waals surface area contributed by atoms with Crippen molar-refractivity contribution in [2.24, 2.45) is 0 Å². The number of halogens is 2. The van der Waals surface area contributed by atoms with Crippen molar-refractivity contribution in [3.63, 3.8) is 0 Å². The molecule has 0 aliphatic carbocycles. The quantitative estimate of drug-likeness (QED) is 0.737. The van der Waals surface area contributed by atoms with E-state index in [1.165, 1.54) is 13.2 Å². The van der Waals surface area contributed by atoms with Gasteiger partial charge in [-0.05, 0) is 25.1 Å². The molecule has 7 heteroatoms. The van der Waals surface area contributed by atoms with Crippen molar-refractivity contribution in [3.8, 4) is 17.2 Å². The molecule has 0 saturated carbocycles. The monoisotopic (exact) mass is 323 g/mol. The third-order valence-corrected chi connectivity index (χ3v) is 3.19. The molecule has 116 valence electrons. The van der Waals surface area contributed by atoms with Crippen molar-refractivity contribution in [3.05, 3.63) is 54.2 Å². The van der Waals surface area contributed by atoms with Crippen molar-refractivity contribution in [2.75, 3.05) is 7.11 Å². The predicted molar refractivity (Wildman–Crippen MR) is 81.8 cm³/mol. The Labute approximate surface area is 133 Å². The first kappa shape index (κ1) is 16.0. The molecule has 2 aromatic heterocycles. The lowest BCUT2D eigenvalue weighted by atomic mass is 10.2. The minimum atomic E-state index is -0.397. The summed E-state index contributed by atoms with van der Waals surface area (Å²) < 4.78 is 26.5. The van der Waals surface area contributed by atoms with E-state index in [4.69, 9.17) is 9.15 Å². The first-order valence-corrected chi connectivity index (χ1v) is 6.43. The molecule has 0 fully saturated rings. The smallest absolute Gasteiger partial charge is 0.229 e. The lowest BCUT2D eigenvalue weighted by Crippen LogP contribution is -1.98. The predicted octanol–water partition coefficient (Wildman–Crippen LogP) is 3.46. The van der Waals surface area contributed by atoms with E-state index in [0.717, 1.165) is 5.69 Å². The number of benzene rings is 1. The molecule has 0 radical (unpaired) electrons. The standard InChI is InChI=1S/C15H14FN3O2.ClH/c1-10-14(8-19-6-5-17-9-19)18-15(21-10)12-7-11(20-2)3-4-13(12)16;/h3-7,9H,8H2,1-2H3;1H. The normalized spacial score (nSPS) is 10.3. The van der Waals surface area contributed by atoms with Gasteiger partial charge < -0.3 is 13.7 Å². The number of aryl methyl sites for hydroxylation is 1. The summed E-state index contributed by atoms with van der Waals surface area (Å²) in [4.78, 5) is 8.36. The minimum absolute atomic E-state index is 0. The highest BCUT2D eigenvalue weighted by Crippen LogP contribution is 2.28. The summed E-state index contributed by atoms with van der Waals surface area (Å²) in [6, 6.07) is 4.46. The van der Waals surface area contributed by atoms with Crippen LogP contribution in [0.1, 0.15) is 11.5 Å². The van der Waals surface area contributed by atoms with Gasteiger partial charge in [-0.3, -0.25) is 0 Å². The van der Waals surface area contributed by atoms with Crippen LogP contribution in [0.15, 0.2) is 41.3 Å². The number of ether oxygens (including phenoxy) is 1. The van der Waals surface area contributed by atoms with E-state index >= 15 is 0 Å². The zero-order valence-corrected chi connectivity index (χ0v) is 12.9. The number of methoxy groups -OCH3 is 1. The summed E-state index contributed by atoms with van der Waals surface area (Å²) in [5.41, 5.74) is 1.03. The number of imidazole rings is 1. The Kier molecular flexibility index (Phi) is 4.82. The van der Waals surface area contributed by atoms with Crippen LogP contribution < -0.4 is 4.74 Å². The molecule has 5 nitrogen and oxygen atoms in total. The molecule has 3 aromatic rings. The van der Waals surface area contributed by atoms with Gasteiger partial charge in [0.15, 0.2) is 0 Å². The van der Waals surface area contributed by atoms with Gasteiger partial charge in [0, 0.05) is 12.4 Å². The maximum Gasteiger partial charge on any atom is 0.229 e. The van der Waals surface area contributed by atoms with Crippen LogP contribution in [0.25, 0.3) is 11.5 Å². The van der Waals surface area contributed by atoms with Crippen molar-refractivity contribution in [1.29, 1.82) is 0 Å². The molecule has 2 heterocycles. The van der Waals surface area contributed by atoms with E-state index in [1.54, 1.807) is 31.6 Å². The maximum atomic E-state index is 13.9.